The Balaban J connectivity index is 1.34. The van der Waals surface area contributed by atoms with Crippen LogP contribution >= 0.6 is 46.4 Å². The summed E-state index contributed by atoms with van der Waals surface area (Å²) in [7, 11) is 0. The molecular formula is C30H17Cl4N3O3. The average molecular weight is 609 g/mol. The molecule has 0 N–H and O–H groups in total. The molecule has 4 aromatic carbocycles. The molecular weight excluding hydrogens is 592 g/mol. The fourth-order valence-electron chi connectivity index (χ4n) is 4.15. The van der Waals surface area contributed by atoms with E-state index >= 15 is 0 Å². The lowest BCUT2D eigenvalue weighted by atomic mass is 10.2. The quantitative estimate of drug-likeness (QED) is 0.177. The molecule has 10 heteroatoms. The number of ether oxygens (including phenoxy) is 1. The van der Waals surface area contributed by atoms with Crippen LogP contribution in [0.25, 0.3) is 33.5 Å². The number of hydrogen-bond donors (Lipinski definition) is 0. The van der Waals surface area contributed by atoms with Crippen molar-refractivity contribution in [2.24, 2.45) is 5.10 Å². The molecule has 0 saturated heterocycles. The van der Waals surface area contributed by atoms with Gasteiger partial charge >= 0.3 is 0 Å². The lowest BCUT2D eigenvalue weighted by Crippen LogP contribution is -2.20. The molecule has 0 unspecified atom stereocenters. The van der Waals surface area contributed by atoms with Crippen molar-refractivity contribution in [1.82, 2.24) is 9.66 Å². The molecule has 2 aromatic heterocycles. The zero-order chi connectivity index (χ0) is 27.8. The highest BCUT2D eigenvalue weighted by molar-refractivity contribution is 6.35. The predicted octanol–water partition coefficient (Wildman–Crippen LogP) is 8.88. The maximum absolute atomic E-state index is 13.5. The minimum atomic E-state index is -0.346. The zero-order valence-corrected chi connectivity index (χ0v) is 23.5. The first-order chi connectivity index (χ1) is 19.4. The van der Waals surface area contributed by atoms with Gasteiger partial charge in [-0.3, -0.25) is 4.79 Å². The maximum atomic E-state index is 13.5. The first-order valence-corrected chi connectivity index (χ1v) is 13.5. The number of aromatic nitrogens is 2. The molecule has 0 aliphatic rings. The van der Waals surface area contributed by atoms with Gasteiger partial charge in [0.25, 0.3) is 5.56 Å². The van der Waals surface area contributed by atoms with Crippen molar-refractivity contribution < 1.29 is 9.15 Å². The standard InChI is InChI=1S/C30H17Cl4N3O3/c31-20-8-10-26-19(12-20)13-28(40-26)29-36-25-4-2-1-3-22(25)30(38)37(29)35-15-17-5-9-27(24(34)11-17)39-16-18-6-7-21(32)14-23(18)33/h1-15H,16H2. The fourth-order valence-corrected chi connectivity index (χ4v) is 5.03. The summed E-state index contributed by atoms with van der Waals surface area (Å²) in [6, 6.07) is 24.5. The van der Waals surface area contributed by atoms with Crippen LogP contribution < -0.4 is 10.3 Å². The van der Waals surface area contributed by atoms with Crippen LogP contribution in [0.15, 0.2) is 99.2 Å². The van der Waals surface area contributed by atoms with Crippen LogP contribution in [0.4, 0.5) is 0 Å². The number of rotatable bonds is 6. The molecule has 0 atom stereocenters. The summed E-state index contributed by atoms with van der Waals surface area (Å²) in [5.41, 5.74) is 2.21. The second kappa shape index (κ2) is 11.0. The largest absolute Gasteiger partial charge is 0.487 e. The highest BCUT2D eigenvalue weighted by atomic mass is 35.5. The van der Waals surface area contributed by atoms with Crippen LogP contribution in [0.5, 0.6) is 5.75 Å². The molecule has 0 radical (unpaired) electrons. The molecule has 198 valence electrons. The van der Waals surface area contributed by atoms with Gasteiger partial charge in [-0.2, -0.15) is 9.78 Å². The van der Waals surface area contributed by atoms with Gasteiger partial charge in [-0.25, -0.2) is 4.98 Å². The maximum Gasteiger partial charge on any atom is 0.282 e. The van der Waals surface area contributed by atoms with E-state index < -0.39 is 0 Å². The van der Waals surface area contributed by atoms with Crippen molar-refractivity contribution in [3.63, 3.8) is 0 Å². The number of furan rings is 1. The molecule has 2 heterocycles. The minimum Gasteiger partial charge on any atom is -0.487 e. The van der Waals surface area contributed by atoms with Gasteiger partial charge in [0.15, 0.2) is 5.76 Å². The zero-order valence-electron chi connectivity index (χ0n) is 20.4. The van der Waals surface area contributed by atoms with Gasteiger partial charge < -0.3 is 9.15 Å². The molecule has 0 amide bonds. The molecule has 6 rings (SSSR count). The summed E-state index contributed by atoms with van der Waals surface area (Å²) in [5.74, 6) is 1.09. The van der Waals surface area contributed by atoms with Gasteiger partial charge in [0, 0.05) is 26.0 Å². The van der Waals surface area contributed by atoms with E-state index in [2.05, 4.69) is 5.10 Å². The van der Waals surface area contributed by atoms with Gasteiger partial charge in [-0.05, 0) is 72.3 Å². The Morgan fingerprint density at radius 3 is 2.50 bits per heavy atom. The predicted molar refractivity (Wildman–Crippen MR) is 161 cm³/mol. The lowest BCUT2D eigenvalue weighted by molar-refractivity contribution is 0.306. The molecule has 0 aliphatic heterocycles. The lowest BCUT2D eigenvalue weighted by Gasteiger charge is -2.10. The second-order valence-electron chi connectivity index (χ2n) is 8.82. The smallest absolute Gasteiger partial charge is 0.282 e. The van der Waals surface area contributed by atoms with Crippen molar-refractivity contribution in [1.29, 1.82) is 0 Å². The van der Waals surface area contributed by atoms with Gasteiger partial charge in [0.05, 0.1) is 22.1 Å². The summed E-state index contributed by atoms with van der Waals surface area (Å²) >= 11 is 24.8. The third-order valence-electron chi connectivity index (χ3n) is 6.13. The Labute approximate surface area is 247 Å². The first-order valence-electron chi connectivity index (χ1n) is 12.0. The SMILES string of the molecule is O=c1c2ccccc2nc(-c2cc3cc(Cl)ccc3o2)n1N=Cc1ccc(OCc2ccc(Cl)cc2Cl)c(Cl)c1. The molecule has 0 saturated carbocycles. The Morgan fingerprint density at radius 2 is 1.68 bits per heavy atom. The van der Waals surface area contributed by atoms with Crippen molar-refractivity contribution in [3.05, 3.63) is 127 Å². The van der Waals surface area contributed by atoms with Crippen molar-refractivity contribution in [2.75, 3.05) is 0 Å². The third kappa shape index (κ3) is 5.31. The van der Waals surface area contributed by atoms with Crippen LogP contribution in [0, 0.1) is 0 Å². The van der Waals surface area contributed by atoms with Gasteiger partial charge in [-0.15, -0.1) is 0 Å². The highest BCUT2D eigenvalue weighted by Crippen LogP contribution is 2.30. The topological polar surface area (TPSA) is 69.6 Å². The van der Waals surface area contributed by atoms with Crippen molar-refractivity contribution in [3.8, 4) is 17.3 Å². The van der Waals surface area contributed by atoms with E-state index in [1.807, 2.05) is 6.07 Å². The van der Waals surface area contributed by atoms with Crippen LogP contribution in [-0.4, -0.2) is 15.9 Å². The number of para-hydroxylation sites is 1. The molecule has 0 aliphatic carbocycles. The summed E-state index contributed by atoms with van der Waals surface area (Å²) in [4.78, 5) is 18.2. The summed E-state index contributed by atoms with van der Waals surface area (Å²) in [6.45, 7) is 0.216. The van der Waals surface area contributed by atoms with E-state index in [9.17, 15) is 4.79 Å². The van der Waals surface area contributed by atoms with Crippen LogP contribution in [0.1, 0.15) is 11.1 Å². The van der Waals surface area contributed by atoms with Crippen molar-refractivity contribution >= 4 is 74.5 Å². The van der Waals surface area contributed by atoms with E-state index in [-0.39, 0.29) is 18.0 Å². The van der Waals surface area contributed by atoms with Crippen LogP contribution in [0.3, 0.4) is 0 Å². The van der Waals surface area contributed by atoms with Crippen molar-refractivity contribution in [2.45, 2.75) is 6.61 Å². The highest BCUT2D eigenvalue weighted by Gasteiger charge is 2.17. The second-order valence-corrected chi connectivity index (χ2v) is 10.5. The van der Waals surface area contributed by atoms with Gasteiger partial charge in [0.1, 0.15) is 17.9 Å². The number of fused-ring (bicyclic) bond motifs is 2. The van der Waals surface area contributed by atoms with Crippen LogP contribution in [0.2, 0.25) is 20.1 Å². The Morgan fingerprint density at radius 1 is 0.875 bits per heavy atom. The number of hydrogen-bond acceptors (Lipinski definition) is 5. The van der Waals surface area contributed by atoms with Gasteiger partial charge in [-0.1, -0.05) is 64.6 Å². The Kier molecular flexibility index (Phi) is 7.26. The molecule has 0 spiro atoms. The molecule has 6 aromatic rings. The summed E-state index contributed by atoms with van der Waals surface area (Å²) < 4.78 is 13.1. The molecule has 0 fully saturated rings. The normalized spacial score (nSPS) is 11.6. The van der Waals surface area contributed by atoms with E-state index in [0.717, 1.165) is 10.9 Å². The van der Waals surface area contributed by atoms with Gasteiger partial charge in [0.2, 0.25) is 5.82 Å². The Hall–Kier alpha value is -3.81. The molecule has 40 heavy (non-hydrogen) atoms. The fraction of sp³-hybridized carbons (Fsp3) is 0.0333. The average Bonchev–Trinajstić information content (AvgIpc) is 3.36. The van der Waals surface area contributed by atoms with E-state index in [1.165, 1.54) is 10.9 Å². The summed E-state index contributed by atoms with van der Waals surface area (Å²) in [5, 5.41) is 7.67. The number of halogens is 4. The molecule has 6 nitrogen and oxygen atoms in total. The van der Waals surface area contributed by atoms with E-state index in [0.29, 0.717) is 53.6 Å². The van der Waals surface area contributed by atoms with E-state index in [4.69, 9.17) is 60.5 Å². The minimum absolute atomic E-state index is 0.216. The third-order valence-corrected chi connectivity index (χ3v) is 7.25. The van der Waals surface area contributed by atoms with Crippen LogP contribution in [-0.2, 0) is 6.61 Å². The number of nitrogens with zero attached hydrogens (tertiary/aromatic N) is 3. The number of benzene rings is 4. The monoisotopic (exact) mass is 607 g/mol. The molecule has 0 bridgehead atoms. The first kappa shape index (κ1) is 26.4. The Bertz CT molecular complexity index is 2000. The van der Waals surface area contributed by atoms with E-state index in [1.54, 1.807) is 78.9 Å². The summed E-state index contributed by atoms with van der Waals surface area (Å²) in [6.07, 6.45) is 1.52.